The molecule has 2 saturated heterocycles. The molecule has 1 unspecified atom stereocenters. The number of amides is 2. The van der Waals surface area contributed by atoms with E-state index in [1.165, 1.54) is 6.33 Å². The third-order valence-corrected chi connectivity index (χ3v) is 6.66. The fourth-order valence-electron chi connectivity index (χ4n) is 5.04. The van der Waals surface area contributed by atoms with Gasteiger partial charge in [0.05, 0.1) is 24.6 Å². The summed E-state index contributed by atoms with van der Waals surface area (Å²) in [6, 6.07) is 0. The number of hydrogen-bond donors (Lipinski definition) is 2. The van der Waals surface area contributed by atoms with Gasteiger partial charge in [0.15, 0.2) is 0 Å². The summed E-state index contributed by atoms with van der Waals surface area (Å²) < 4.78 is 6.21. The van der Waals surface area contributed by atoms with Crippen molar-refractivity contribution >= 4 is 11.8 Å². The van der Waals surface area contributed by atoms with E-state index in [1.807, 2.05) is 4.90 Å². The predicted molar refractivity (Wildman–Crippen MR) is 90.9 cm³/mol. The van der Waals surface area contributed by atoms with Crippen LogP contribution >= 0.6 is 0 Å². The molecule has 2 bridgehead atoms. The number of rotatable bonds is 6. The summed E-state index contributed by atoms with van der Waals surface area (Å²) in [5, 5.41) is 9.47. The van der Waals surface area contributed by atoms with Gasteiger partial charge in [0.2, 0.25) is 11.8 Å². The summed E-state index contributed by atoms with van der Waals surface area (Å²) in [5.41, 5.74) is -0.143. The van der Waals surface area contributed by atoms with Gasteiger partial charge in [0, 0.05) is 19.4 Å². The van der Waals surface area contributed by atoms with E-state index in [1.54, 1.807) is 0 Å². The predicted octanol–water partition coefficient (Wildman–Crippen LogP) is 0.414. The Morgan fingerprint density at radius 3 is 2.81 bits per heavy atom. The summed E-state index contributed by atoms with van der Waals surface area (Å²) >= 11 is 0. The molecule has 0 radical (unpaired) electrons. The maximum absolute atomic E-state index is 12.6. The summed E-state index contributed by atoms with van der Waals surface area (Å²) in [6.45, 7) is 2.00. The molecule has 6 rings (SSSR count). The molecule has 5 aliphatic rings. The highest BCUT2D eigenvalue weighted by molar-refractivity contribution is 5.86. The van der Waals surface area contributed by atoms with E-state index in [9.17, 15) is 9.59 Å². The first-order valence-corrected chi connectivity index (χ1v) is 9.64. The number of hydrogen-bond acceptors (Lipinski definition) is 5. The van der Waals surface area contributed by atoms with Crippen molar-refractivity contribution in [1.82, 2.24) is 25.4 Å². The van der Waals surface area contributed by atoms with Crippen molar-refractivity contribution in [2.24, 2.45) is 11.3 Å². The highest BCUT2D eigenvalue weighted by Gasteiger charge is 2.64. The molecule has 5 fully saturated rings. The molecule has 1 spiro atoms. The number of aromatic amines is 1. The average Bonchev–Trinajstić information content (AvgIpc) is 3.15. The normalized spacial score (nSPS) is 33.3. The van der Waals surface area contributed by atoms with Gasteiger partial charge in [-0.3, -0.25) is 14.7 Å². The van der Waals surface area contributed by atoms with Gasteiger partial charge in [0.25, 0.3) is 0 Å². The lowest BCUT2D eigenvalue weighted by molar-refractivity contribution is -0.200. The standard InChI is InChI=1S/C18H25N5O3/c24-15(2-1-14-20-11-21-22-14)19-8-13-3-4-18(26-13)9-23(10-18)16(25)17-5-12(6-17)7-17/h11-13H,1-10H2,(H,19,24)(H,20,21,22). The van der Waals surface area contributed by atoms with Gasteiger partial charge < -0.3 is 15.0 Å². The first kappa shape index (κ1) is 16.2. The summed E-state index contributed by atoms with van der Waals surface area (Å²) in [5.74, 6) is 1.91. The maximum Gasteiger partial charge on any atom is 0.229 e. The second-order valence-electron chi connectivity index (χ2n) is 8.62. The number of aryl methyl sites for hydroxylation is 1. The molecule has 2 N–H and O–H groups in total. The Morgan fingerprint density at radius 2 is 2.15 bits per heavy atom. The van der Waals surface area contributed by atoms with Crippen LogP contribution in [0.5, 0.6) is 0 Å². The van der Waals surface area contributed by atoms with Gasteiger partial charge in [-0.2, -0.15) is 5.10 Å². The van der Waals surface area contributed by atoms with Crippen LogP contribution in [0.25, 0.3) is 0 Å². The number of H-pyrrole nitrogens is 1. The molecule has 8 heteroatoms. The largest absolute Gasteiger partial charge is 0.366 e. The van der Waals surface area contributed by atoms with Gasteiger partial charge in [-0.05, 0) is 38.0 Å². The molecule has 3 heterocycles. The Morgan fingerprint density at radius 1 is 1.35 bits per heavy atom. The Labute approximate surface area is 152 Å². The van der Waals surface area contributed by atoms with Crippen molar-refractivity contribution in [2.75, 3.05) is 19.6 Å². The second-order valence-corrected chi connectivity index (χ2v) is 8.62. The number of aromatic nitrogens is 3. The van der Waals surface area contributed by atoms with Crippen molar-refractivity contribution in [1.29, 1.82) is 0 Å². The number of carbonyl (C=O) groups is 2. The molecule has 2 amide bonds. The monoisotopic (exact) mass is 359 g/mol. The van der Waals surface area contributed by atoms with Crippen LogP contribution in [-0.4, -0.2) is 63.2 Å². The van der Waals surface area contributed by atoms with Gasteiger partial charge >= 0.3 is 0 Å². The number of ether oxygens (including phenoxy) is 1. The summed E-state index contributed by atoms with van der Waals surface area (Å²) in [6.07, 6.45) is 7.69. The van der Waals surface area contributed by atoms with Gasteiger partial charge in [-0.25, -0.2) is 4.98 Å². The molecule has 2 aliphatic heterocycles. The minimum Gasteiger partial charge on any atom is -0.366 e. The highest BCUT2D eigenvalue weighted by atomic mass is 16.5. The van der Waals surface area contributed by atoms with Crippen LogP contribution in [0.4, 0.5) is 0 Å². The third-order valence-electron chi connectivity index (χ3n) is 6.66. The molecular weight excluding hydrogens is 334 g/mol. The van der Waals surface area contributed by atoms with E-state index in [4.69, 9.17) is 4.74 Å². The van der Waals surface area contributed by atoms with Gasteiger partial charge in [-0.15, -0.1) is 0 Å². The highest BCUT2D eigenvalue weighted by Crippen LogP contribution is 2.65. The lowest BCUT2D eigenvalue weighted by atomic mass is 9.44. The van der Waals surface area contributed by atoms with E-state index < -0.39 is 0 Å². The zero-order chi connectivity index (χ0) is 17.8. The number of nitrogens with zero attached hydrogens (tertiary/aromatic N) is 3. The summed E-state index contributed by atoms with van der Waals surface area (Å²) in [7, 11) is 0. The van der Waals surface area contributed by atoms with Crippen LogP contribution in [-0.2, 0) is 20.7 Å². The summed E-state index contributed by atoms with van der Waals surface area (Å²) in [4.78, 5) is 30.5. The van der Waals surface area contributed by atoms with E-state index in [-0.39, 0.29) is 23.0 Å². The fourth-order valence-corrected chi connectivity index (χ4v) is 5.04. The van der Waals surface area contributed by atoms with Crippen molar-refractivity contribution < 1.29 is 14.3 Å². The van der Waals surface area contributed by atoms with Crippen LogP contribution in [0, 0.1) is 11.3 Å². The van der Waals surface area contributed by atoms with Gasteiger partial charge in [0.1, 0.15) is 17.8 Å². The fraction of sp³-hybridized carbons (Fsp3) is 0.778. The zero-order valence-corrected chi connectivity index (χ0v) is 14.9. The zero-order valence-electron chi connectivity index (χ0n) is 14.9. The lowest BCUT2D eigenvalue weighted by Crippen LogP contribution is -2.70. The Balaban J connectivity index is 1.03. The van der Waals surface area contributed by atoms with Crippen LogP contribution in [0.1, 0.15) is 44.3 Å². The van der Waals surface area contributed by atoms with Crippen molar-refractivity contribution in [3.63, 3.8) is 0 Å². The lowest BCUT2D eigenvalue weighted by Gasteiger charge is -2.63. The molecule has 26 heavy (non-hydrogen) atoms. The second kappa shape index (κ2) is 5.77. The molecule has 0 aromatic carbocycles. The van der Waals surface area contributed by atoms with Crippen molar-refractivity contribution in [3.8, 4) is 0 Å². The Bertz CT molecular complexity index is 695. The van der Waals surface area contributed by atoms with E-state index >= 15 is 0 Å². The van der Waals surface area contributed by atoms with Gasteiger partial charge in [-0.1, -0.05) is 0 Å². The Hall–Kier alpha value is -1.96. The Kier molecular flexibility index (Phi) is 3.60. The van der Waals surface area contributed by atoms with E-state index in [0.717, 1.165) is 56.9 Å². The van der Waals surface area contributed by atoms with Crippen molar-refractivity contribution in [2.45, 2.75) is 56.7 Å². The van der Waals surface area contributed by atoms with Crippen LogP contribution < -0.4 is 5.32 Å². The molecule has 1 aromatic heterocycles. The van der Waals surface area contributed by atoms with Crippen LogP contribution in [0.15, 0.2) is 6.33 Å². The topological polar surface area (TPSA) is 100 Å². The van der Waals surface area contributed by atoms with Crippen LogP contribution in [0.3, 0.4) is 0 Å². The minimum absolute atomic E-state index is 0.0000141. The number of likely N-dealkylation sites (tertiary alicyclic amines) is 1. The molecule has 8 nitrogen and oxygen atoms in total. The maximum atomic E-state index is 12.6. The first-order valence-electron chi connectivity index (χ1n) is 9.64. The third kappa shape index (κ3) is 2.62. The SMILES string of the molecule is O=C(CCc1ncn[nH]1)NCC1CCC2(CN(C(=O)C34CC(C3)C4)C2)O1. The molecule has 1 aromatic rings. The molecule has 1 atom stereocenters. The van der Waals surface area contributed by atoms with Crippen LogP contribution in [0.2, 0.25) is 0 Å². The molecular formula is C18H25N5O3. The smallest absolute Gasteiger partial charge is 0.229 e. The van der Waals surface area contributed by atoms with Crippen molar-refractivity contribution in [3.05, 3.63) is 12.2 Å². The van der Waals surface area contributed by atoms with E-state index in [2.05, 4.69) is 20.5 Å². The molecule has 140 valence electrons. The van der Waals surface area contributed by atoms with E-state index in [0.29, 0.717) is 25.3 Å². The quantitative estimate of drug-likeness (QED) is 0.766. The number of nitrogens with one attached hydrogen (secondary N) is 2. The first-order chi connectivity index (χ1) is 12.6. The molecule has 3 aliphatic carbocycles. The molecule has 3 saturated carbocycles. The minimum atomic E-state index is -0.158. The average molecular weight is 359 g/mol. The number of carbonyl (C=O) groups excluding carboxylic acids is 2.